The molecule has 0 radical (unpaired) electrons. The molecular formula is C42H66O14. The van der Waals surface area contributed by atoms with Gasteiger partial charge in [-0.1, -0.05) is 47.1 Å². The molecule has 14 nitrogen and oxygen atoms in total. The summed E-state index contributed by atoms with van der Waals surface area (Å²) in [6.07, 6.45) is -7.02. The highest BCUT2D eigenvalue weighted by atomic mass is 16.7. The number of ketones is 1. The summed E-state index contributed by atoms with van der Waals surface area (Å²) in [5, 5.41) is 83.7. The summed E-state index contributed by atoms with van der Waals surface area (Å²) in [4.78, 5) is 27.3. The van der Waals surface area contributed by atoms with Crippen LogP contribution in [0.15, 0.2) is 11.6 Å². The molecule has 5 aliphatic carbocycles. The van der Waals surface area contributed by atoms with Crippen molar-refractivity contribution in [1.82, 2.24) is 0 Å². The zero-order valence-corrected chi connectivity index (χ0v) is 34.0. The molecule has 2 aliphatic heterocycles. The third-order valence-corrected chi connectivity index (χ3v) is 17.3. The number of allylic oxidation sites excluding steroid dienone is 2. The molecule has 0 aromatic rings. The lowest BCUT2D eigenvalue weighted by Gasteiger charge is -2.70. The molecule has 0 aromatic carbocycles. The maximum Gasteiger partial charge on any atom is 0.309 e. The first kappa shape index (κ1) is 42.6. The van der Waals surface area contributed by atoms with Gasteiger partial charge in [-0.25, -0.2) is 0 Å². The van der Waals surface area contributed by atoms with Gasteiger partial charge in [-0.15, -0.1) is 0 Å². The van der Waals surface area contributed by atoms with Crippen LogP contribution in [0.2, 0.25) is 0 Å². The highest BCUT2D eigenvalue weighted by molar-refractivity contribution is 5.95. The number of carboxylic acid groups (broad SMARTS) is 1. The predicted octanol–water partition coefficient (Wildman–Crippen LogP) is 2.06. The van der Waals surface area contributed by atoms with Crippen LogP contribution in [0.1, 0.15) is 106 Å². The van der Waals surface area contributed by atoms with E-state index in [2.05, 4.69) is 41.5 Å². The number of aliphatic carboxylic acids is 1. The van der Waals surface area contributed by atoms with Crippen LogP contribution in [0.3, 0.4) is 0 Å². The minimum absolute atomic E-state index is 0.0335. The summed E-state index contributed by atoms with van der Waals surface area (Å²) in [5.74, 6) is -0.791. The van der Waals surface area contributed by atoms with Crippen LogP contribution < -0.4 is 0 Å². The van der Waals surface area contributed by atoms with Crippen molar-refractivity contribution in [1.29, 1.82) is 0 Å². The van der Waals surface area contributed by atoms with Gasteiger partial charge in [-0.2, -0.15) is 0 Å². The second kappa shape index (κ2) is 14.3. The molecule has 14 heteroatoms. The van der Waals surface area contributed by atoms with E-state index in [1.165, 1.54) is 0 Å². The second-order valence-electron chi connectivity index (χ2n) is 20.5. The van der Waals surface area contributed by atoms with E-state index in [9.17, 15) is 50.4 Å². The first-order valence-electron chi connectivity index (χ1n) is 20.8. The predicted molar refractivity (Wildman–Crippen MR) is 198 cm³/mol. The highest BCUT2D eigenvalue weighted by Gasteiger charge is 2.70. The zero-order chi connectivity index (χ0) is 41.1. The van der Waals surface area contributed by atoms with Crippen LogP contribution in [0.5, 0.6) is 0 Å². The average molecular weight is 795 g/mol. The number of aliphatic hydroxyl groups excluding tert-OH is 7. The third-order valence-electron chi connectivity index (χ3n) is 17.3. The van der Waals surface area contributed by atoms with Gasteiger partial charge in [0.1, 0.15) is 48.8 Å². The standard InChI is InChI=1S/C42H66O14/c1-37(2)25-8-11-42(7)33(22(45)16-20-21-17-39(4,36(51)52)13-12-38(21,3)14-15-41(20,42)6)40(25,5)10-9-26(37)55-34-31(50)29(48)32(24(19-44)54-34)56-35-30(49)28(47)27(46)23(18-43)53-35/h16,21,23-35,43-44,46-50H,8-15,17-19H2,1-7H3,(H,51,52)/t21-,23-,24-,25+,26+,27+,28+,29-,30-,31-,32-,33-,34+,35+,38-,39+,40+,41-,42-/m1/s1. The molecule has 56 heavy (non-hydrogen) atoms. The molecule has 0 unspecified atom stereocenters. The topological polar surface area (TPSA) is 233 Å². The van der Waals surface area contributed by atoms with Crippen molar-refractivity contribution in [2.75, 3.05) is 13.2 Å². The van der Waals surface area contributed by atoms with Gasteiger partial charge >= 0.3 is 5.97 Å². The van der Waals surface area contributed by atoms with Crippen molar-refractivity contribution >= 4 is 11.8 Å². The molecule has 7 rings (SSSR count). The van der Waals surface area contributed by atoms with E-state index in [1.54, 1.807) is 0 Å². The van der Waals surface area contributed by atoms with Gasteiger partial charge in [0, 0.05) is 5.92 Å². The van der Waals surface area contributed by atoms with Gasteiger partial charge in [0.25, 0.3) is 0 Å². The summed E-state index contributed by atoms with van der Waals surface area (Å²) in [5.41, 5.74) is -1.19. The van der Waals surface area contributed by atoms with Crippen LogP contribution in [0.4, 0.5) is 0 Å². The molecule has 318 valence electrons. The normalized spacial score (nSPS) is 54.2. The Morgan fingerprint density at radius 2 is 1.36 bits per heavy atom. The Morgan fingerprint density at radius 1 is 0.750 bits per heavy atom. The maximum atomic E-state index is 14.8. The largest absolute Gasteiger partial charge is 0.481 e. The number of fused-ring (bicyclic) bond motifs is 7. The zero-order valence-electron chi connectivity index (χ0n) is 34.0. The number of hydrogen-bond donors (Lipinski definition) is 8. The molecule has 2 saturated heterocycles. The Bertz CT molecular complexity index is 1560. The molecule has 19 atom stereocenters. The number of rotatable bonds is 7. The summed E-state index contributed by atoms with van der Waals surface area (Å²) in [7, 11) is 0. The van der Waals surface area contributed by atoms with E-state index < -0.39 is 97.5 Å². The molecule has 0 bridgehead atoms. The first-order chi connectivity index (χ1) is 26.0. The van der Waals surface area contributed by atoms with Crippen molar-refractivity contribution in [3.63, 3.8) is 0 Å². The van der Waals surface area contributed by atoms with E-state index in [0.717, 1.165) is 37.7 Å². The van der Waals surface area contributed by atoms with E-state index in [1.807, 2.05) is 13.0 Å². The molecule has 0 aromatic heterocycles. The van der Waals surface area contributed by atoms with Crippen LogP contribution in [-0.4, -0.2) is 133 Å². The van der Waals surface area contributed by atoms with Crippen molar-refractivity contribution in [3.05, 3.63) is 11.6 Å². The second-order valence-corrected chi connectivity index (χ2v) is 20.5. The number of carboxylic acids is 1. The SMILES string of the molecule is CC1(C)[C@@H](O[C@@H]2O[C@H](CO)[C@@H](O[C@@H]3O[C@H](CO)[C@H](O)[C@H](O)[C@H]3O)[C@H](O)[C@H]2O)CC[C@]2(C)[C@H]3C(=O)C=C4[C@H]5C[C@@](C)(C(=O)O)CC[C@]5(C)CC[C@@]4(C)[C@]3(C)CC[C@@H]12. The summed E-state index contributed by atoms with van der Waals surface area (Å²) < 4.78 is 23.8. The van der Waals surface area contributed by atoms with E-state index >= 15 is 0 Å². The number of aliphatic hydroxyl groups is 7. The molecule has 6 fully saturated rings. The Hall–Kier alpha value is -1.56. The lowest BCUT2D eigenvalue weighted by Crippen LogP contribution is -2.67. The van der Waals surface area contributed by atoms with Crippen molar-refractivity contribution < 1.29 is 69.4 Å². The highest BCUT2D eigenvalue weighted by Crippen LogP contribution is 2.75. The van der Waals surface area contributed by atoms with Crippen molar-refractivity contribution in [2.24, 2.45) is 50.2 Å². The fourth-order valence-corrected chi connectivity index (χ4v) is 13.4. The first-order valence-corrected chi connectivity index (χ1v) is 20.8. The Balaban J connectivity index is 1.10. The van der Waals surface area contributed by atoms with E-state index in [4.69, 9.17) is 18.9 Å². The van der Waals surface area contributed by atoms with Crippen LogP contribution in [0.25, 0.3) is 0 Å². The monoisotopic (exact) mass is 794 g/mol. The molecule has 4 saturated carbocycles. The minimum Gasteiger partial charge on any atom is -0.481 e. The Morgan fingerprint density at radius 3 is 2.00 bits per heavy atom. The van der Waals surface area contributed by atoms with Crippen LogP contribution >= 0.6 is 0 Å². The number of hydrogen-bond acceptors (Lipinski definition) is 13. The third kappa shape index (κ3) is 6.13. The molecule has 2 heterocycles. The Kier molecular flexibility index (Phi) is 10.9. The van der Waals surface area contributed by atoms with E-state index in [-0.39, 0.29) is 45.2 Å². The van der Waals surface area contributed by atoms with Gasteiger partial charge in [0.2, 0.25) is 0 Å². The van der Waals surface area contributed by atoms with Gasteiger partial charge in [0.05, 0.1) is 24.7 Å². The maximum absolute atomic E-state index is 14.8. The smallest absolute Gasteiger partial charge is 0.309 e. The summed E-state index contributed by atoms with van der Waals surface area (Å²) in [6, 6.07) is 0. The van der Waals surface area contributed by atoms with Crippen LogP contribution in [0, 0.1) is 50.2 Å². The summed E-state index contributed by atoms with van der Waals surface area (Å²) >= 11 is 0. The number of carbonyl (C=O) groups excluding carboxylic acids is 1. The quantitative estimate of drug-likeness (QED) is 0.173. The summed E-state index contributed by atoms with van der Waals surface area (Å²) in [6.45, 7) is 14.0. The van der Waals surface area contributed by atoms with E-state index in [0.29, 0.717) is 25.7 Å². The Labute approximate surface area is 329 Å². The van der Waals surface area contributed by atoms with Crippen molar-refractivity contribution in [3.8, 4) is 0 Å². The fourth-order valence-electron chi connectivity index (χ4n) is 13.4. The van der Waals surface area contributed by atoms with Gasteiger partial charge in [-0.05, 0) is 110 Å². The lowest BCUT2D eigenvalue weighted by molar-refractivity contribution is -0.368. The van der Waals surface area contributed by atoms with Gasteiger partial charge in [-0.3, -0.25) is 9.59 Å². The number of ether oxygens (including phenoxy) is 4. The number of carbonyl (C=O) groups is 2. The molecular weight excluding hydrogens is 728 g/mol. The molecule has 0 spiro atoms. The fraction of sp³-hybridized carbons (Fsp3) is 0.905. The average Bonchev–Trinajstić information content (AvgIpc) is 3.13. The molecule has 7 aliphatic rings. The lowest BCUT2D eigenvalue weighted by atomic mass is 9.33. The van der Waals surface area contributed by atoms with Gasteiger partial charge in [0.15, 0.2) is 18.4 Å². The molecule has 0 amide bonds. The molecule has 8 N–H and O–H groups in total. The van der Waals surface area contributed by atoms with Crippen LogP contribution in [-0.2, 0) is 28.5 Å². The van der Waals surface area contributed by atoms with Crippen molar-refractivity contribution in [2.45, 2.75) is 174 Å². The van der Waals surface area contributed by atoms with Gasteiger partial charge < -0.3 is 59.8 Å². The minimum atomic E-state index is -1.76.